The summed E-state index contributed by atoms with van der Waals surface area (Å²) in [5.74, 6) is -0.837. The largest absolute Gasteiger partial charge is 0.756 e. The number of carbonyl (C=O) groups excluding carboxylic acids is 2. The van der Waals surface area contributed by atoms with Gasteiger partial charge in [0.25, 0.3) is 7.82 Å². The van der Waals surface area contributed by atoms with E-state index in [4.69, 9.17) is 18.5 Å². The van der Waals surface area contributed by atoms with E-state index >= 15 is 0 Å². The van der Waals surface area contributed by atoms with E-state index in [0.717, 1.165) is 148 Å². The van der Waals surface area contributed by atoms with Crippen molar-refractivity contribution in [1.82, 2.24) is 0 Å². The van der Waals surface area contributed by atoms with E-state index in [9.17, 15) is 19.0 Å². The summed E-state index contributed by atoms with van der Waals surface area (Å²) >= 11 is 0. The van der Waals surface area contributed by atoms with Gasteiger partial charge in [-0.25, -0.2) is 0 Å². The molecule has 0 saturated heterocycles. The van der Waals surface area contributed by atoms with E-state index in [1.165, 1.54) is 141 Å². The first-order chi connectivity index (χ1) is 50.0. The molecule has 9 nitrogen and oxygen atoms in total. The number of rotatable bonds is 74. The summed E-state index contributed by atoms with van der Waals surface area (Å²) in [4.78, 5) is 38.2. The van der Waals surface area contributed by atoms with Crippen LogP contribution in [0.15, 0.2) is 194 Å². The van der Waals surface area contributed by atoms with Crippen LogP contribution in [0.4, 0.5) is 0 Å². The molecule has 0 amide bonds. The molecular weight excluding hydrogens is 1280 g/mol. The van der Waals surface area contributed by atoms with Crippen LogP contribution in [0.1, 0.15) is 322 Å². The van der Waals surface area contributed by atoms with Crippen LogP contribution in [0, 0.1) is 0 Å². The number of esters is 2. The van der Waals surface area contributed by atoms with E-state index in [0.29, 0.717) is 17.4 Å². The molecule has 0 aromatic carbocycles. The summed E-state index contributed by atoms with van der Waals surface area (Å²) in [6.07, 6.45) is 124. The van der Waals surface area contributed by atoms with Gasteiger partial charge in [-0.05, 0) is 141 Å². The second-order valence-corrected chi connectivity index (χ2v) is 29.4. The fraction of sp³-hybridized carbons (Fsp3) is 0.630. The van der Waals surface area contributed by atoms with Gasteiger partial charge in [0.15, 0.2) is 6.10 Å². The van der Waals surface area contributed by atoms with E-state index in [-0.39, 0.29) is 32.0 Å². The SMILES string of the molecule is CC/C=C\C/C=C\C/C=C\C/C=C\C/C=C\C/C=C\C/C=C\C/C=C\CCCCCCCCCCCCCCCCCCC(=O)OC(COC(=O)CCCCCCCCCCCCCC/C=C\C/C=C\C/C=C\C/C=C\C/C=C\C/C=C\C/C=C\C/C=C\CC)COP(=O)([O-])OCC[N+](C)(C)C. The van der Waals surface area contributed by atoms with E-state index < -0.39 is 26.5 Å². The quantitative estimate of drug-likeness (QED) is 0.0195. The summed E-state index contributed by atoms with van der Waals surface area (Å²) in [6.45, 7) is 4.02. The number of hydrogen-bond acceptors (Lipinski definition) is 8. The highest BCUT2D eigenvalue weighted by atomic mass is 31.2. The number of phosphoric acid groups is 1. The molecule has 0 heterocycles. The summed E-state index contributed by atoms with van der Waals surface area (Å²) in [5.41, 5.74) is 0. The predicted octanol–water partition coefficient (Wildman–Crippen LogP) is 27.3. The Kier molecular flexibility index (Phi) is 75.9. The Morgan fingerprint density at radius 2 is 0.529 bits per heavy atom. The minimum atomic E-state index is -4.66. The van der Waals surface area contributed by atoms with Crippen molar-refractivity contribution in [2.75, 3.05) is 47.5 Å². The molecule has 10 heteroatoms. The Morgan fingerprint density at radius 1 is 0.304 bits per heavy atom. The van der Waals surface area contributed by atoms with E-state index in [2.05, 4.69) is 208 Å². The molecule has 0 fully saturated rings. The molecule has 2 atom stereocenters. The van der Waals surface area contributed by atoms with Crippen LogP contribution in [0.3, 0.4) is 0 Å². The molecule has 0 aliphatic rings. The first-order valence-electron chi connectivity index (χ1n) is 41.1. The summed E-state index contributed by atoms with van der Waals surface area (Å²) in [6, 6.07) is 0. The highest BCUT2D eigenvalue weighted by Crippen LogP contribution is 2.38. The van der Waals surface area contributed by atoms with Crippen molar-refractivity contribution in [3.05, 3.63) is 194 Å². The zero-order chi connectivity index (χ0) is 74.0. The Morgan fingerprint density at radius 3 is 0.784 bits per heavy atom. The summed E-state index contributed by atoms with van der Waals surface area (Å²) in [7, 11) is 1.15. The van der Waals surface area contributed by atoms with Gasteiger partial charge in [0, 0.05) is 12.8 Å². The average Bonchev–Trinajstić information content (AvgIpc) is 0.916. The summed E-state index contributed by atoms with van der Waals surface area (Å²) < 4.78 is 34.4. The molecule has 0 rings (SSSR count). The van der Waals surface area contributed by atoms with Crippen LogP contribution in [0.5, 0.6) is 0 Å². The Labute approximate surface area is 628 Å². The van der Waals surface area contributed by atoms with Gasteiger partial charge in [0.05, 0.1) is 27.7 Å². The zero-order valence-electron chi connectivity index (χ0n) is 66.0. The molecule has 0 spiro atoms. The monoisotopic (exact) mass is 1430 g/mol. The number of quaternary nitrogens is 1. The molecule has 0 saturated carbocycles. The fourth-order valence-electron chi connectivity index (χ4n) is 10.9. The van der Waals surface area contributed by atoms with Crippen LogP contribution >= 0.6 is 7.82 Å². The maximum Gasteiger partial charge on any atom is 0.306 e. The van der Waals surface area contributed by atoms with Gasteiger partial charge in [-0.3, -0.25) is 14.2 Å². The second kappa shape index (κ2) is 80.0. The minimum absolute atomic E-state index is 0.0380. The van der Waals surface area contributed by atoms with Crippen molar-refractivity contribution in [3.8, 4) is 0 Å². The number of phosphoric ester groups is 1. The van der Waals surface area contributed by atoms with Crippen LogP contribution in [-0.2, 0) is 32.7 Å². The minimum Gasteiger partial charge on any atom is -0.756 e. The molecule has 0 bridgehead atoms. The molecule has 0 aromatic rings. The number of hydrogen-bond donors (Lipinski definition) is 0. The molecule has 0 radical (unpaired) electrons. The molecular formula is C92H152NO8P. The lowest BCUT2D eigenvalue weighted by Crippen LogP contribution is -2.37. The lowest BCUT2D eigenvalue weighted by molar-refractivity contribution is -0.870. The number of likely N-dealkylation sites (N-methyl/N-ethyl adjacent to an activating group) is 1. The first-order valence-corrected chi connectivity index (χ1v) is 42.6. The third kappa shape index (κ3) is 83.8. The highest BCUT2D eigenvalue weighted by Gasteiger charge is 2.22. The van der Waals surface area contributed by atoms with Crippen LogP contribution < -0.4 is 4.89 Å². The van der Waals surface area contributed by atoms with Crippen molar-refractivity contribution in [2.45, 2.75) is 328 Å². The van der Waals surface area contributed by atoms with Gasteiger partial charge < -0.3 is 27.9 Å². The third-order valence-corrected chi connectivity index (χ3v) is 18.1. The number of allylic oxidation sites excluding steroid dienone is 32. The number of nitrogens with zero attached hydrogens (tertiary/aromatic N) is 1. The Bertz CT molecular complexity index is 2440. The van der Waals surface area contributed by atoms with Crippen molar-refractivity contribution in [3.63, 3.8) is 0 Å². The van der Waals surface area contributed by atoms with Crippen molar-refractivity contribution < 1.29 is 42.1 Å². The predicted molar refractivity (Wildman–Crippen MR) is 442 cm³/mol. The van der Waals surface area contributed by atoms with Gasteiger partial charge >= 0.3 is 11.9 Å². The standard InChI is InChI=1S/C92H152NO8P/c1-6-8-10-12-14-16-18-20-22-24-26-28-30-32-34-36-38-40-42-44-45-46-47-49-51-53-55-57-59-61-63-65-67-69-71-73-75-77-79-81-83-85-92(95)101-90(89-100-102(96,97)99-87-86-93(3,4)5)88-98-91(94)84-82-80-78-76-74-72-70-68-66-64-62-60-58-56-54-52-50-48-43-41-39-37-35-33-31-29-27-25-23-21-19-17-15-13-11-9-7-2/h8-11,14-17,20-23,26-29,32-35,38-41,44-45,47-50,54,56,90H,6-7,12-13,18-19,24-25,30-31,36-37,42-43,46,51-53,55,57-89H2,1-5H3/b10-8-,11-9-,16-14-,17-15-,22-20-,23-21-,28-26-,29-27-,34-32-,35-33-,40-38-,41-39-,45-44-,49-47-,50-48-,56-54-. The third-order valence-electron chi connectivity index (χ3n) is 17.1. The second-order valence-electron chi connectivity index (χ2n) is 28.0. The smallest absolute Gasteiger partial charge is 0.306 e. The summed E-state index contributed by atoms with van der Waals surface area (Å²) in [5, 5.41) is 0. The molecule has 578 valence electrons. The van der Waals surface area contributed by atoms with Crippen LogP contribution in [0.25, 0.3) is 0 Å². The van der Waals surface area contributed by atoms with Gasteiger partial charge in [0.1, 0.15) is 19.8 Å². The van der Waals surface area contributed by atoms with Crippen LogP contribution in [0.2, 0.25) is 0 Å². The molecule has 0 aliphatic heterocycles. The van der Waals surface area contributed by atoms with Gasteiger partial charge in [-0.15, -0.1) is 0 Å². The van der Waals surface area contributed by atoms with E-state index in [1.807, 2.05) is 21.1 Å². The molecule has 0 aliphatic carbocycles. The number of unbranched alkanes of at least 4 members (excludes halogenated alkanes) is 28. The van der Waals surface area contributed by atoms with Gasteiger partial charge in [-0.2, -0.15) is 0 Å². The average molecular weight is 1430 g/mol. The molecule has 102 heavy (non-hydrogen) atoms. The van der Waals surface area contributed by atoms with Crippen molar-refractivity contribution in [2.24, 2.45) is 0 Å². The number of ether oxygens (including phenoxy) is 2. The normalized spacial score (nSPS) is 14.1. The van der Waals surface area contributed by atoms with E-state index in [1.54, 1.807) is 0 Å². The Balaban J connectivity index is 4.02. The Hall–Kier alpha value is -5.15. The first kappa shape index (κ1) is 96.8. The maximum atomic E-state index is 12.9. The van der Waals surface area contributed by atoms with Crippen LogP contribution in [-0.4, -0.2) is 70.0 Å². The topological polar surface area (TPSA) is 111 Å². The molecule has 0 aromatic heterocycles. The molecule has 2 unspecified atom stereocenters. The fourth-order valence-corrected chi connectivity index (χ4v) is 11.7. The van der Waals surface area contributed by atoms with Gasteiger partial charge in [-0.1, -0.05) is 362 Å². The highest BCUT2D eigenvalue weighted by molar-refractivity contribution is 7.45. The molecule has 0 N–H and O–H groups in total. The number of carbonyl (C=O) groups is 2. The van der Waals surface area contributed by atoms with Gasteiger partial charge in [0.2, 0.25) is 0 Å². The maximum absolute atomic E-state index is 12.9. The lowest BCUT2D eigenvalue weighted by atomic mass is 10.0. The lowest BCUT2D eigenvalue weighted by Gasteiger charge is -2.28. The van der Waals surface area contributed by atoms with Crippen molar-refractivity contribution >= 4 is 19.8 Å². The zero-order valence-corrected chi connectivity index (χ0v) is 66.9. The van der Waals surface area contributed by atoms with Crippen molar-refractivity contribution in [1.29, 1.82) is 0 Å².